The Hall–Kier alpha value is -2.08. The second-order valence-corrected chi connectivity index (χ2v) is 6.40. The molecule has 25 heavy (non-hydrogen) atoms. The average Bonchev–Trinajstić information content (AvgIpc) is 2.60. The summed E-state index contributed by atoms with van der Waals surface area (Å²) in [5, 5.41) is 3.13. The predicted octanol–water partition coefficient (Wildman–Crippen LogP) is 2.26. The van der Waals surface area contributed by atoms with Crippen molar-refractivity contribution in [3.8, 4) is 5.75 Å². The van der Waals surface area contributed by atoms with E-state index in [-0.39, 0.29) is 30.1 Å². The number of carbonyl (C=O) groups is 2. The van der Waals surface area contributed by atoms with Crippen molar-refractivity contribution in [1.29, 1.82) is 0 Å². The van der Waals surface area contributed by atoms with Gasteiger partial charge in [0.25, 0.3) is 11.8 Å². The Morgan fingerprint density at radius 1 is 1.24 bits per heavy atom. The van der Waals surface area contributed by atoms with Gasteiger partial charge in [0.05, 0.1) is 11.7 Å². The quantitative estimate of drug-likeness (QED) is 0.716. The number of carbonyl (C=O) groups excluding carboxylic acids is 2. The van der Waals surface area contributed by atoms with Crippen LogP contribution in [-0.4, -0.2) is 37.2 Å². The van der Waals surface area contributed by atoms with Gasteiger partial charge in [-0.15, -0.1) is 0 Å². The van der Waals surface area contributed by atoms with Crippen molar-refractivity contribution in [2.75, 3.05) is 13.2 Å². The number of benzene rings is 1. The van der Waals surface area contributed by atoms with Gasteiger partial charge in [0.15, 0.2) is 6.61 Å². The Kier molecular flexibility index (Phi) is 6.42. The van der Waals surface area contributed by atoms with E-state index in [2.05, 4.69) is 19.2 Å². The summed E-state index contributed by atoms with van der Waals surface area (Å²) in [4.78, 5) is 23.7. The molecule has 0 spiro atoms. The third-order valence-corrected chi connectivity index (χ3v) is 5.28. The van der Waals surface area contributed by atoms with Crippen molar-refractivity contribution in [3.63, 3.8) is 0 Å². The van der Waals surface area contributed by atoms with Gasteiger partial charge in [-0.25, -0.2) is 0 Å². The summed E-state index contributed by atoms with van der Waals surface area (Å²) >= 11 is 0. The third kappa shape index (κ3) is 3.95. The Morgan fingerprint density at radius 2 is 1.92 bits per heavy atom. The molecule has 0 radical (unpaired) electrons. The molecule has 0 aliphatic heterocycles. The van der Waals surface area contributed by atoms with E-state index >= 15 is 0 Å². The zero-order valence-corrected chi connectivity index (χ0v) is 15.2. The molecule has 1 aromatic carbocycles. The molecule has 1 saturated carbocycles. The van der Waals surface area contributed by atoms with Gasteiger partial charge in [-0.3, -0.25) is 9.59 Å². The van der Waals surface area contributed by atoms with Gasteiger partial charge >= 0.3 is 0 Å². The van der Waals surface area contributed by atoms with E-state index in [1.165, 1.54) is 0 Å². The van der Waals surface area contributed by atoms with Crippen LogP contribution in [0.5, 0.6) is 5.75 Å². The zero-order chi connectivity index (χ0) is 18.4. The minimum Gasteiger partial charge on any atom is -0.483 e. The first-order valence-electron chi connectivity index (χ1n) is 8.91. The van der Waals surface area contributed by atoms with E-state index in [4.69, 9.17) is 15.2 Å². The molecular weight excluding hydrogens is 320 g/mol. The number of amides is 2. The molecule has 138 valence electrons. The highest BCUT2D eigenvalue weighted by Crippen LogP contribution is 2.49. The summed E-state index contributed by atoms with van der Waals surface area (Å²) in [6, 6.07) is 6.93. The smallest absolute Gasteiger partial charge is 0.255 e. The van der Waals surface area contributed by atoms with Crippen molar-refractivity contribution in [3.05, 3.63) is 29.8 Å². The van der Waals surface area contributed by atoms with Crippen molar-refractivity contribution >= 4 is 11.8 Å². The molecule has 0 bridgehead atoms. The van der Waals surface area contributed by atoms with Gasteiger partial charge < -0.3 is 20.5 Å². The Balaban J connectivity index is 2.11. The van der Waals surface area contributed by atoms with E-state index in [9.17, 15) is 9.59 Å². The number of primary amides is 1. The SMILES string of the molecule is CCOC1CC(NC(=O)c2ccccc2OCC(N)=O)C1(CC)CC. The molecule has 6 heteroatoms. The molecule has 1 aromatic rings. The number of hydrogen-bond donors (Lipinski definition) is 2. The summed E-state index contributed by atoms with van der Waals surface area (Å²) in [5.74, 6) is -0.422. The fourth-order valence-corrected chi connectivity index (χ4v) is 3.75. The minimum atomic E-state index is -0.579. The highest BCUT2D eigenvalue weighted by atomic mass is 16.5. The maximum atomic E-state index is 12.7. The number of para-hydroxylation sites is 1. The van der Waals surface area contributed by atoms with Gasteiger partial charge in [-0.05, 0) is 38.3 Å². The summed E-state index contributed by atoms with van der Waals surface area (Å²) in [6.45, 7) is 6.69. The molecule has 2 amide bonds. The van der Waals surface area contributed by atoms with Crippen LogP contribution < -0.4 is 15.8 Å². The lowest BCUT2D eigenvalue weighted by molar-refractivity contribution is -0.134. The maximum Gasteiger partial charge on any atom is 0.255 e. The first-order valence-corrected chi connectivity index (χ1v) is 8.91. The summed E-state index contributed by atoms with van der Waals surface area (Å²) < 4.78 is 11.2. The van der Waals surface area contributed by atoms with Crippen molar-refractivity contribution < 1.29 is 19.1 Å². The molecule has 2 unspecified atom stereocenters. The Labute approximate surface area is 149 Å². The number of hydrogen-bond acceptors (Lipinski definition) is 4. The molecule has 2 atom stereocenters. The number of ether oxygens (including phenoxy) is 2. The summed E-state index contributed by atoms with van der Waals surface area (Å²) in [5.41, 5.74) is 5.49. The summed E-state index contributed by atoms with van der Waals surface area (Å²) in [7, 11) is 0. The topological polar surface area (TPSA) is 90.7 Å². The van der Waals surface area contributed by atoms with Crippen LogP contribution in [0.25, 0.3) is 0 Å². The molecule has 0 heterocycles. The first kappa shape index (κ1) is 19.2. The van der Waals surface area contributed by atoms with Gasteiger partial charge in [0, 0.05) is 18.1 Å². The number of rotatable bonds is 9. The Morgan fingerprint density at radius 3 is 2.52 bits per heavy atom. The van der Waals surface area contributed by atoms with Gasteiger partial charge in [-0.1, -0.05) is 26.0 Å². The lowest BCUT2D eigenvalue weighted by atomic mass is 9.58. The lowest BCUT2D eigenvalue weighted by Gasteiger charge is -2.55. The highest BCUT2D eigenvalue weighted by molar-refractivity contribution is 5.97. The van der Waals surface area contributed by atoms with E-state index in [1.54, 1.807) is 24.3 Å². The van der Waals surface area contributed by atoms with Crippen LogP contribution in [-0.2, 0) is 9.53 Å². The first-order chi connectivity index (χ1) is 12.0. The number of nitrogens with one attached hydrogen (secondary N) is 1. The molecular formula is C19H28N2O4. The second kappa shape index (κ2) is 8.34. The van der Waals surface area contributed by atoms with E-state index in [0.717, 1.165) is 19.3 Å². The van der Waals surface area contributed by atoms with E-state index in [0.29, 0.717) is 17.9 Å². The van der Waals surface area contributed by atoms with Gasteiger partial charge in [0.2, 0.25) is 0 Å². The minimum absolute atomic E-state index is 0.0330. The molecule has 0 aromatic heterocycles. The molecule has 1 aliphatic rings. The highest BCUT2D eigenvalue weighted by Gasteiger charge is 2.53. The van der Waals surface area contributed by atoms with E-state index < -0.39 is 5.91 Å². The van der Waals surface area contributed by atoms with Crippen molar-refractivity contribution in [2.24, 2.45) is 11.1 Å². The summed E-state index contributed by atoms with van der Waals surface area (Å²) in [6.07, 6.45) is 2.88. The van der Waals surface area contributed by atoms with Crippen LogP contribution in [0, 0.1) is 5.41 Å². The monoisotopic (exact) mass is 348 g/mol. The molecule has 2 rings (SSSR count). The van der Waals surface area contributed by atoms with Crippen LogP contribution >= 0.6 is 0 Å². The van der Waals surface area contributed by atoms with Crippen molar-refractivity contribution in [2.45, 2.75) is 52.2 Å². The van der Waals surface area contributed by atoms with Crippen LogP contribution in [0.15, 0.2) is 24.3 Å². The van der Waals surface area contributed by atoms with Crippen LogP contribution in [0.3, 0.4) is 0 Å². The predicted molar refractivity (Wildman–Crippen MR) is 95.4 cm³/mol. The van der Waals surface area contributed by atoms with Gasteiger partial charge in [-0.2, -0.15) is 0 Å². The maximum absolute atomic E-state index is 12.7. The second-order valence-electron chi connectivity index (χ2n) is 6.40. The van der Waals surface area contributed by atoms with Crippen LogP contribution in [0.2, 0.25) is 0 Å². The lowest BCUT2D eigenvalue weighted by Crippen LogP contribution is -2.64. The fourth-order valence-electron chi connectivity index (χ4n) is 3.75. The largest absolute Gasteiger partial charge is 0.483 e. The number of nitrogens with two attached hydrogens (primary N) is 1. The normalized spacial score (nSPS) is 21.2. The van der Waals surface area contributed by atoms with Crippen molar-refractivity contribution in [1.82, 2.24) is 5.32 Å². The molecule has 6 nitrogen and oxygen atoms in total. The van der Waals surface area contributed by atoms with E-state index in [1.807, 2.05) is 6.92 Å². The molecule has 1 fully saturated rings. The van der Waals surface area contributed by atoms with Crippen LogP contribution in [0.1, 0.15) is 50.4 Å². The zero-order valence-electron chi connectivity index (χ0n) is 15.2. The molecule has 0 saturated heterocycles. The standard InChI is InChI=1S/C19H28N2O4/c1-4-19(5-2)15(11-16(19)24-6-3)21-18(23)13-9-7-8-10-14(13)25-12-17(20)22/h7-10,15-16H,4-6,11-12H2,1-3H3,(H2,20,22)(H,21,23). The van der Waals surface area contributed by atoms with Gasteiger partial charge in [0.1, 0.15) is 5.75 Å². The average molecular weight is 348 g/mol. The third-order valence-electron chi connectivity index (χ3n) is 5.28. The molecule has 1 aliphatic carbocycles. The Bertz CT molecular complexity index is 613. The molecule has 3 N–H and O–H groups in total. The van der Waals surface area contributed by atoms with Crippen LogP contribution in [0.4, 0.5) is 0 Å². The fraction of sp³-hybridized carbons (Fsp3) is 0.579.